The Kier molecular flexibility index (Phi) is 1.21. The number of benzene rings is 1. The monoisotopic (exact) mass is 161 g/mol. The topological polar surface area (TPSA) is 12.5 Å². The van der Waals surface area contributed by atoms with Gasteiger partial charge in [0.25, 0.3) is 0 Å². The summed E-state index contributed by atoms with van der Waals surface area (Å²) in [6.07, 6.45) is 0. The van der Waals surface area contributed by atoms with Crippen LogP contribution < -0.4 is 4.90 Å². The summed E-state index contributed by atoms with van der Waals surface area (Å²) in [6.45, 7) is 3.84. The third-order valence-electron chi connectivity index (χ3n) is 2.58. The van der Waals surface area contributed by atoms with Gasteiger partial charge in [-0.25, -0.2) is 0 Å². The summed E-state index contributed by atoms with van der Waals surface area (Å²) in [7, 11) is 0. The first-order valence-corrected chi connectivity index (χ1v) is 4.42. The van der Waals surface area contributed by atoms with E-state index >= 15 is 0 Å². The summed E-state index contributed by atoms with van der Waals surface area (Å²) in [6, 6.07) is 6.65. The molecule has 2 aliphatic carbocycles. The van der Waals surface area contributed by atoms with E-state index in [4.69, 9.17) is 4.74 Å². The highest BCUT2D eigenvalue weighted by molar-refractivity contribution is 5.93. The Hall–Kier alpha value is -1.02. The maximum atomic E-state index is 5.30. The van der Waals surface area contributed by atoms with Crippen molar-refractivity contribution in [1.29, 1.82) is 0 Å². The molecule has 62 valence electrons. The van der Waals surface area contributed by atoms with E-state index in [0.717, 1.165) is 26.3 Å². The van der Waals surface area contributed by atoms with Crippen molar-refractivity contribution in [2.45, 2.75) is 0 Å². The average Bonchev–Trinajstić information content (AvgIpc) is 2.80. The zero-order valence-electron chi connectivity index (χ0n) is 6.92. The van der Waals surface area contributed by atoms with Gasteiger partial charge in [0.05, 0.1) is 13.2 Å². The van der Waals surface area contributed by atoms with Crippen molar-refractivity contribution in [2.24, 2.45) is 0 Å². The van der Waals surface area contributed by atoms with Gasteiger partial charge in [-0.15, -0.1) is 0 Å². The number of nitrogens with zero attached hydrogens (tertiary/aromatic N) is 1. The van der Waals surface area contributed by atoms with Crippen LogP contribution in [0, 0.1) is 0 Å². The SMILES string of the molecule is c1cc(N2CCOCC2)c2cc1-2. The predicted molar refractivity (Wildman–Crippen MR) is 48.5 cm³/mol. The summed E-state index contributed by atoms with van der Waals surface area (Å²) in [5.41, 5.74) is 4.29. The molecule has 0 saturated carbocycles. The Morgan fingerprint density at radius 3 is 2.58 bits per heavy atom. The molecule has 0 aromatic heterocycles. The Morgan fingerprint density at radius 1 is 1.17 bits per heavy atom. The molecule has 0 unspecified atom stereocenters. The molecule has 0 N–H and O–H groups in total. The first-order chi connectivity index (χ1) is 5.95. The van der Waals surface area contributed by atoms with Crippen LogP contribution in [-0.4, -0.2) is 26.3 Å². The summed E-state index contributed by atoms with van der Waals surface area (Å²) < 4.78 is 5.30. The quantitative estimate of drug-likeness (QED) is 0.628. The van der Waals surface area contributed by atoms with Crippen LogP contribution in [-0.2, 0) is 4.74 Å². The van der Waals surface area contributed by atoms with E-state index in [1.165, 1.54) is 16.8 Å². The second-order valence-electron chi connectivity index (χ2n) is 3.33. The molecule has 1 fully saturated rings. The van der Waals surface area contributed by atoms with E-state index in [9.17, 15) is 0 Å². The molecule has 0 aromatic rings. The first kappa shape index (κ1) is 6.49. The van der Waals surface area contributed by atoms with E-state index in [1.54, 1.807) is 0 Å². The number of morpholine rings is 1. The molecule has 0 bridgehead atoms. The van der Waals surface area contributed by atoms with Gasteiger partial charge < -0.3 is 9.64 Å². The number of rotatable bonds is 1. The van der Waals surface area contributed by atoms with Crippen molar-refractivity contribution in [3.8, 4) is 11.1 Å². The molecular formula is C10H11NO. The second-order valence-corrected chi connectivity index (χ2v) is 3.33. The van der Waals surface area contributed by atoms with Crippen LogP contribution >= 0.6 is 0 Å². The maximum absolute atomic E-state index is 5.30. The maximum Gasteiger partial charge on any atom is 0.0642 e. The van der Waals surface area contributed by atoms with Gasteiger partial charge in [0.15, 0.2) is 0 Å². The third-order valence-corrected chi connectivity index (χ3v) is 2.58. The summed E-state index contributed by atoms with van der Waals surface area (Å²) in [4.78, 5) is 2.41. The van der Waals surface area contributed by atoms with E-state index in [1.807, 2.05) is 0 Å². The minimum absolute atomic E-state index is 0.875. The zero-order chi connectivity index (χ0) is 7.97. The lowest BCUT2D eigenvalue weighted by Gasteiger charge is -2.28. The van der Waals surface area contributed by atoms with Gasteiger partial charge in [-0.3, -0.25) is 0 Å². The van der Waals surface area contributed by atoms with Crippen LogP contribution in [0.3, 0.4) is 0 Å². The van der Waals surface area contributed by atoms with E-state index in [2.05, 4.69) is 23.1 Å². The largest absolute Gasteiger partial charge is 0.378 e. The highest BCUT2D eigenvalue weighted by Crippen LogP contribution is 2.43. The molecule has 2 nitrogen and oxygen atoms in total. The molecule has 0 aromatic carbocycles. The van der Waals surface area contributed by atoms with Crippen molar-refractivity contribution < 1.29 is 4.74 Å². The van der Waals surface area contributed by atoms with Gasteiger partial charge in [-0.05, 0) is 17.7 Å². The smallest absolute Gasteiger partial charge is 0.0642 e. The Bertz CT molecular complexity index is 316. The lowest BCUT2D eigenvalue weighted by molar-refractivity contribution is 0.123. The predicted octanol–water partition coefficient (Wildman–Crippen LogP) is 1.50. The van der Waals surface area contributed by atoms with Gasteiger partial charge in [0, 0.05) is 24.3 Å². The number of ether oxygens (including phenoxy) is 1. The summed E-state index contributed by atoms with van der Waals surface area (Å²) in [5, 5.41) is 0. The average molecular weight is 161 g/mol. The number of hydrogen-bond acceptors (Lipinski definition) is 2. The second kappa shape index (κ2) is 2.23. The molecule has 0 spiro atoms. The molecule has 0 radical (unpaired) electrons. The van der Waals surface area contributed by atoms with E-state index in [-0.39, 0.29) is 0 Å². The molecular weight excluding hydrogens is 150 g/mol. The van der Waals surface area contributed by atoms with Crippen LogP contribution in [0.25, 0.3) is 11.1 Å². The number of fused-ring (bicyclic) bond motifs is 1. The summed E-state index contributed by atoms with van der Waals surface area (Å²) in [5.74, 6) is 0. The Morgan fingerprint density at radius 2 is 2.00 bits per heavy atom. The fourth-order valence-electron chi connectivity index (χ4n) is 1.82. The highest BCUT2D eigenvalue weighted by Gasteiger charge is 2.22. The number of hydrogen-bond donors (Lipinski definition) is 0. The molecule has 1 saturated heterocycles. The zero-order valence-corrected chi connectivity index (χ0v) is 6.92. The Balaban J connectivity index is 1.84. The van der Waals surface area contributed by atoms with Crippen molar-refractivity contribution in [3.05, 3.63) is 18.2 Å². The lowest BCUT2D eigenvalue weighted by Crippen LogP contribution is -2.35. The fraction of sp³-hybridized carbons (Fsp3) is 0.400. The van der Waals surface area contributed by atoms with Crippen molar-refractivity contribution in [1.82, 2.24) is 0 Å². The van der Waals surface area contributed by atoms with Crippen molar-refractivity contribution in [3.63, 3.8) is 0 Å². The van der Waals surface area contributed by atoms with Crippen LogP contribution in [0.15, 0.2) is 18.2 Å². The molecule has 0 amide bonds. The minimum atomic E-state index is 0.875. The standard InChI is InChI=1S/C10H11NO/c1-2-10(9-7-8(1)9)11-3-5-12-6-4-11/h1-2,7H,3-6H2. The van der Waals surface area contributed by atoms with Gasteiger partial charge in [0.2, 0.25) is 0 Å². The lowest BCUT2D eigenvalue weighted by atomic mass is 10.3. The van der Waals surface area contributed by atoms with Crippen LogP contribution in [0.4, 0.5) is 5.69 Å². The van der Waals surface area contributed by atoms with Crippen molar-refractivity contribution >= 4 is 5.69 Å². The van der Waals surface area contributed by atoms with Gasteiger partial charge >= 0.3 is 0 Å². The molecule has 3 rings (SSSR count). The normalized spacial score (nSPS) is 19.5. The minimum Gasteiger partial charge on any atom is -0.378 e. The third kappa shape index (κ3) is 0.847. The molecule has 2 heteroatoms. The van der Waals surface area contributed by atoms with Crippen LogP contribution in [0.2, 0.25) is 0 Å². The first-order valence-electron chi connectivity index (χ1n) is 4.42. The summed E-state index contributed by atoms with van der Waals surface area (Å²) >= 11 is 0. The van der Waals surface area contributed by atoms with Crippen LogP contribution in [0.5, 0.6) is 0 Å². The molecule has 1 aliphatic heterocycles. The van der Waals surface area contributed by atoms with E-state index in [0.29, 0.717) is 0 Å². The van der Waals surface area contributed by atoms with Gasteiger partial charge in [-0.1, -0.05) is 6.07 Å². The fourth-order valence-corrected chi connectivity index (χ4v) is 1.82. The Labute approximate surface area is 71.8 Å². The molecule has 3 aliphatic rings. The van der Waals surface area contributed by atoms with E-state index < -0.39 is 0 Å². The van der Waals surface area contributed by atoms with Gasteiger partial charge in [0.1, 0.15) is 0 Å². The van der Waals surface area contributed by atoms with Gasteiger partial charge in [-0.2, -0.15) is 0 Å². The molecule has 12 heavy (non-hydrogen) atoms. The molecule has 1 heterocycles. The molecule has 0 atom stereocenters. The van der Waals surface area contributed by atoms with Crippen molar-refractivity contribution in [2.75, 3.05) is 31.2 Å². The number of anilines is 1. The highest BCUT2D eigenvalue weighted by atomic mass is 16.5. The van der Waals surface area contributed by atoms with Crippen LogP contribution in [0.1, 0.15) is 0 Å².